The van der Waals surface area contributed by atoms with E-state index in [1.165, 1.54) is 24.3 Å². The maximum atomic E-state index is 12.4. The van der Waals surface area contributed by atoms with Crippen molar-refractivity contribution in [3.05, 3.63) is 76.8 Å². The Bertz CT molecular complexity index is 1050. The van der Waals surface area contributed by atoms with Crippen molar-refractivity contribution in [3.63, 3.8) is 0 Å². The fraction of sp³-hybridized carbons (Fsp3) is 0.174. The van der Waals surface area contributed by atoms with E-state index in [0.29, 0.717) is 34.7 Å². The van der Waals surface area contributed by atoms with E-state index in [-0.39, 0.29) is 11.8 Å². The highest BCUT2D eigenvalue weighted by molar-refractivity contribution is 7.14. The second kappa shape index (κ2) is 10.7. The van der Waals surface area contributed by atoms with Gasteiger partial charge in [0, 0.05) is 30.5 Å². The topological polar surface area (TPSA) is 62.7 Å². The van der Waals surface area contributed by atoms with Crippen LogP contribution in [0.2, 0.25) is 5.02 Å². The van der Waals surface area contributed by atoms with Crippen molar-refractivity contribution >= 4 is 51.6 Å². The predicted molar refractivity (Wildman–Crippen MR) is 125 cm³/mol. The molecule has 1 aromatic heterocycles. The number of hydrogen-bond donors (Lipinski definition) is 0. The quantitative estimate of drug-likeness (QED) is 0.447. The van der Waals surface area contributed by atoms with E-state index >= 15 is 0 Å². The first-order valence-electron chi connectivity index (χ1n) is 9.57. The number of carbonyl (C=O) groups is 2. The Balaban J connectivity index is 1.56. The molecule has 0 unspecified atom stereocenters. The molecule has 31 heavy (non-hydrogen) atoms. The number of nitrogens with zero attached hydrogens (tertiary/aromatic N) is 3. The average Bonchev–Trinajstić information content (AvgIpc) is 3.22. The van der Waals surface area contributed by atoms with Gasteiger partial charge >= 0.3 is 0 Å². The van der Waals surface area contributed by atoms with Gasteiger partial charge in [-0.3, -0.25) is 14.5 Å². The zero-order valence-corrected chi connectivity index (χ0v) is 18.8. The summed E-state index contributed by atoms with van der Waals surface area (Å²) in [5.41, 5.74) is 1.36. The monoisotopic (exact) mass is 455 g/mol. The Kier molecular flexibility index (Phi) is 7.81. The summed E-state index contributed by atoms with van der Waals surface area (Å²) < 4.78 is 5.61. The minimum Gasteiger partial charge on any atom is -0.492 e. The zero-order chi connectivity index (χ0) is 22.2. The van der Waals surface area contributed by atoms with Gasteiger partial charge < -0.3 is 9.64 Å². The van der Waals surface area contributed by atoms with Crippen molar-refractivity contribution in [2.24, 2.45) is 0 Å². The number of thiazole rings is 1. The second-order valence-corrected chi connectivity index (χ2v) is 7.91. The molecule has 6 nitrogen and oxygen atoms in total. The molecule has 2 amide bonds. The number of para-hydroxylation sites is 1. The molecule has 1 heterocycles. The van der Waals surface area contributed by atoms with Crippen LogP contribution in [0, 0.1) is 0 Å². The third-order valence-electron chi connectivity index (χ3n) is 4.31. The van der Waals surface area contributed by atoms with Crippen LogP contribution in [-0.2, 0) is 9.59 Å². The number of halogens is 1. The van der Waals surface area contributed by atoms with Gasteiger partial charge in [-0.05, 0) is 42.5 Å². The van der Waals surface area contributed by atoms with E-state index in [9.17, 15) is 9.59 Å². The van der Waals surface area contributed by atoms with Gasteiger partial charge in [-0.25, -0.2) is 4.98 Å². The molecule has 0 aliphatic rings. The van der Waals surface area contributed by atoms with Crippen LogP contribution in [-0.4, -0.2) is 41.9 Å². The van der Waals surface area contributed by atoms with Gasteiger partial charge in [0.15, 0.2) is 5.13 Å². The molecule has 0 N–H and O–H groups in total. The van der Waals surface area contributed by atoms with Crippen LogP contribution in [0.5, 0.6) is 5.75 Å². The van der Waals surface area contributed by atoms with E-state index in [4.69, 9.17) is 16.3 Å². The minimum absolute atomic E-state index is 0.132. The third kappa shape index (κ3) is 6.41. The summed E-state index contributed by atoms with van der Waals surface area (Å²) >= 11 is 7.19. The maximum Gasteiger partial charge on any atom is 0.246 e. The van der Waals surface area contributed by atoms with Gasteiger partial charge in [0.1, 0.15) is 12.4 Å². The maximum absolute atomic E-state index is 12.4. The summed E-state index contributed by atoms with van der Waals surface area (Å²) in [4.78, 5) is 32.1. The summed E-state index contributed by atoms with van der Waals surface area (Å²) in [6.07, 6.45) is 3.10. The van der Waals surface area contributed by atoms with Crippen LogP contribution in [0.1, 0.15) is 12.6 Å². The highest BCUT2D eigenvalue weighted by atomic mass is 35.5. The number of ether oxygens (including phenoxy) is 1. The normalized spacial score (nSPS) is 10.8. The standard InChI is InChI=1S/C23H22ClN3O3S/c1-17(28)27(20-6-4-3-5-7-20)23-25-19(16-31-23)10-13-22(29)26(2)14-15-30-21-11-8-18(24)9-12-21/h3-13,16H,14-15H2,1-2H3/b13-10+. The van der Waals surface area contributed by atoms with Crippen LogP contribution in [0.4, 0.5) is 10.8 Å². The average molecular weight is 456 g/mol. The lowest BCUT2D eigenvalue weighted by molar-refractivity contribution is -0.125. The summed E-state index contributed by atoms with van der Waals surface area (Å²) in [7, 11) is 1.71. The third-order valence-corrected chi connectivity index (χ3v) is 5.41. The first-order valence-corrected chi connectivity index (χ1v) is 10.8. The fourth-order valence-electron chi connectivity index (χ4n) is 2.68. The Labute approximate surface area is 190 Å². The van der Waals surface area contributed by atoms with Crippen molar-refractivity contribution in [1.82, 2.24) is 9.88 Å². The number of hydrogen-bond acceptors (Lipinski definition) is 5. The molecule has 0 aliphatic heterocycles. The van der Waals surface area contributed by atoms with E-state index in [1.54, 1.807) is 47.2 Å². The predicted octanol–water partition coefficient (Wildman–Crippen LogP) is 5.03. The molecule has 0 radical (unpaired) electrons. The molecule has 160 valence electrons. The van der Waals surface area contributed by atoms with E-state index < -0.39 is 0 Å². The number of benzene rings is 2. The minimum atomic E-state index is -0.166. The fourth-order valence-corrected chi connectivity index (χ4v) is 3.67. The number of amides is 2. The molecule has 0 saturated carbocycles. The summed E-state index contributed by atoms with van der Waals surface area (Å²) in [6.45, 7) is 2.29. The molecule has 0 atom stereocenters. The van der Waals surface area contributed by atoms with Crippen LogP contribution in [0.15, 0.2) is 66.1 Å². The van der Waals surface area contributed by atoms with Crippen molar-refractivity contribution in [2.75, 3.05) is 25.1 Å². The lowest BCUT2D eigenvalue weighted by Gasteiger charge is -2.17. The Morgan fingerprint density at radius 1 is 1.13 bits per heavy atom. The van der Waals surface area contributed by atoms with E-state index in [1.807, 2.05) is 35.7 Å². The molecule has 3 aromatic rings. The van der Waals surface area contributed by atoms with Gasteiger partial charge in [-0.2, -0.15) is 0 Å². The van der Waals surface area contributed by atoms with Gasteiger partial charge in [0.25, 0.3) is 0 Å². The Morgan fingerprint density at radius 3 is 2.52 bits per heavy atom. The van der Waals surface area contributed by atoms with Gasteiger partial charge in [0.2, 0.25) is 11.8 Å². The lowest BCUT2D eigenvalue weighted by Crippen LogP contribution is -2.29. The molecule has 0 spiro atoms. The van der Waals surface area contributed by atoms with Crippen LogP contribution >= 0.6 is 22.9 Å². The molecule has 0 saturated heterocycles. The largest absolute Gasteiger partial charge is 0.492 e. The van der Waals surface area contributed by atoms with Gasteiger partial charge in [-0.1, -0.05) is 29.8 Å². The molecule has 2 aromatic carbocycles. The number of rotatable bonds is 8. The summed E-state index contributed by atoms with van der Waals surface area (Å²) in [5.74, 6) is 0.401. The highest BCUT2D eigenvalue weighted by Gasteiger charge is 2.17. The molecule has 0 fully saturated rings. The lowest BCUT2D eigenvalue weighted by atomic mass is 10.3. The van der Waals surface area contributed by atoms with Crippen molar-refractivity contribution in [1.29, 1.82) is 0 Å². The molecule has 8 heteroatoms. The highest BCUT2D eigenvalue weighted by Crippen LogP contribution is 2.29. The van der Waals surface area contributed by atoms with Gasteiger partial charge in [0.05, 0.1) is 17.9 Å². The molecular formula is C23H22ClN3O3S. The van der Waals surface area contributed by atoms with Crippen molar-refractivity contribution in [2.45, 2.75) is 6.92 Å². The smallest absolute Gasteiger partial charge is 0.246 e. The molecule has 0 bridgehead atoms. The summed E-state index contributed by atoms with van der Waals surface area (Å²) in [6, 6.07) is 16.4. The summed E-state index contributed by atoms with van der Waals surface area (Å²) in [5, 5.41) is 3.00. The van der Waals surface area contributed by atoms with Gasteiger partial charge in [-0.15, -0.1) is 11.3 Å². The number of anilines is 2. The number of likely N-dealkylation sites (N-methyl/N-ethyl adjacent to an activating group) is 1. The SMILES string of the molecule is CC(=O)N(c1ccccc1)c1nc(/C=C/C(=O)N(C)CCOc2ccc(Cl)cc2)cs1. The van der Waals surface area contributed by atoms with E-state index in [0.717, 1.165) is 5.69 Å². The molecular weight excluding hydrogens is 434 g/mol. The number of aromatic nitrogens is 1. The van der Waals surface area contributed by atoms with Crippen molar-refractivity contribution < 1.29 is 14.3 Å². The van der Waals surface area contributed by atoms with E-state index in [2.05, 4.69) is 4.98 Å². The molecule has 0 aliphatic carbocycles. The molecule has 3 rings (SSSR count). The second-order valence-electron chi connectivity index (χ2n) is 6.64. The van der Waals surface area contributed by atoms with Crippen LogP contribution in [0.3, 0.4) is 0 Å². The van der Waals surface area contributed by atoms with Crippen molar-refractivity contribution in [3.8, 4) is 5.75 Å². The zero-order valence-electron chi connectivity index (χ0n) is 17.2. The Morgan fingerprint density at radius 2 is 1.84 bits per heavy atom. The number of carbonyl (C=O) groups excluding carboxylic acids is 2. The Hall–Kier alpha value is -3.16. The first-order chi connectivity index (χ1) is 14.9. The van der Waals surface area contributed by atoms with Crippen LogP contribution in [0.25, 0.3) is 6.08 Å². The van der Waals surface area contributed by atoms with Crippen LogP contribution < -0.4 is 9.64 Å². The first kappa shape index (κ1) is 22.5.